The molecule has 1 aliphatic rings. The third-order valence-electron chi connectivity index (χ3n) is 4.15. The lowest BCUT2D eigenvalue weighted by Gasteiger charge is -2.17. The number of carbonyl (C=O) groups excluding carboxylic acids is 1. The molecule has 0 saturated heterocycles. The second-order valence-corrected chi connectivity index (χ2v) is 6.14. The van der Waals surface area contributed by atoms with Gasteiger partial charge in [-0.1, -0.05) is 41.9 Å². The van der Waals surface area contributed by atoms with E-state index in [1.807, 2.05) is 24.3 Å². The van der Waals surface area contributed by atoms with Crippen molar-refractivity contribution in [2.45, 2.75) is 6.42 Å². The van der Waals surface area contributed by atoms with Gasteiger partial charge in [0, 0.05) is 24.6 Å². The third kappa shape index (κ3) is 3.06. The zero-order chi connectivity index (χ0) is 17.2. The van der Waals surface area contributed by atoms with Crippen LogP contribution in [-0.4, -0.2) is 22.4 Å². The summed E-state index contributed by atoms with van der Waals surface area (Å²) >= 11 is 6.06. The highest BCUT2D eigenvalue weighted by Gasteiger charge is 2.22. The molecule has 0 spiro atoms. The average molecular weight is 351 g/mol. The van der Waals surface area contributed by atoms with Crippen LogP contribution in [0.5, 0.6) is 0 Å². The quantitative estimate of drug-likeness (QED) is 0.773. The highest BCUT2D eigenvalue weighted by molar-refractivity contribution is 6.33. The van der Waals surface area contributed by atoms with Gasteiger partial charge >= 0.3 is 0 Å². The van der Waals surface area contributed by atoms with Crippen molar-refractivity contribution in [1.82, 2.24) is 9.97 Å². The molecular formula is C19H15ClN4O. The summed E-state index contributed by atoms with van der Waals surface area (Å²) in [5, 5.41) is 3.25. The molecule has 2 heterocycles. The van der Waals surface area contributed by atoms with Crippen LogP contribution in [0.1, 0.15) is 15.9 Å². The summed E-state index contributed by atoms with van der Waals surface area (Å²) in [4.78, 5) is 23.1. The van der Waals surface area contributed by atoms with E-state index in [1.165, 1.54) is 18.0 Å². The first-order valence-corrected chi connectivity index (χ1v) is 8.33. The summed E-state index contributed by atoms with van der Waals surface area (Å²) in [6, 6.07) is 15.3. The fourth-order valence-electron chi connectivity index (χ4n) is 2.88. The standard InChI is InChI=1S/C19H15ClN4O/c20-15-6-2-3-7-16(15)23-18(25)14-11-21-19(22-12-14)24-10-9-13-5-1-4-8-17(13)24/h1-8,11-12H,9-10H2,(H,23,25). The fourth-order valence-corrected chi connectivity index (χ4v) is 3.06. The summed E-state index contributed by atoms with van der Waals surface area (Å²) in [5.74, 6) is 0.306. The van der Waals surface area contributed by atoms with Gasteiger partial charge in [0.1, 0.15) is 0 Å². The van der Waals surface area contributed by atoms with E-state index in [0.717, 1.165) is 18.7 Å². The molecule has 5 nitrogen and oxygen atoms in total. The molecule has 0 fully saturated rings. The molecule has 6 heteroatoms. The number of halogens is 1. The molecule has 1 amide bonds. The number of nitrogens with zero attached hydrogens (tertiary/aromatic N) is 3. The molecule has 0 bridgehead atoms. The van der Waals surface area contributed by atoms with E-state index < -0.39 is 0 Å². The van der Waals surface area contributed by atoms with Crippen LogP contribution < -0.4 is 10.2 Å². The first kappa shape index (κ1) is 15.6. The molecule has 25 heavy (non-hydrogen) atoms. The first-order valence-electron chi connectivity index (χ1n) is 7.96. The fraction of sp³-hybridized carbons (Fsp3) is 0.105. The maximum atomic E-state index is 12.3. The number of anilines is 3. The van der Waals surface area contributed by atoms with Crippen LogP contribution in [0.3, 0.4) is 0 Å². The minimum absolute atomic E-state index is 0.290. The third-order valence-corrected chi connectivity index (χ3v) is 4.48. The monoisotopic (exact) mass is 350 g/mol. The normalized spacial score (nSPS) is 12.8. The van der Waals surface area contributed by atoms with Gasteiger partial charge in [0.15, 0.2) is 0 Å². The van der Waals surface area contributed by atoms with Gasteiger partial charge in [0.25, 0.3) is 5.91 Å². The first-order chi connectivity index (χ1) is 12.2. The summed E-state index contributed by atoms with van der Waals surface area (Å²) in [6.45, 7) is 0.838. The lowest BCUT2D eigenvalue weighted by Crippen LogP contribution is -2.18. The number of nitrogens with one attached hydrogen (secondary N) is 1. The summed E-state index contributed by atoms with van der Waals surface area (Å²) < 4.78 is 0. The van der Waals surface area contributed by atoms with Gasteiger partial charge in [-0.25, -0.2) is 9.97 Å². The van der Waals surface area contributed by atoms with Crippen molar-refractivity contribution < 1.29 is 4.79 Å². The van der Waals surface area contributed by atoms with Crippen LogP contribution in [0.15, 0.2) is 60.9 Å². The van der Waals surface area contributed by atoms with Crippen molar-refractivity contribution in [3.05, 3.63) is 77.1 Å². The number of amides is 1. The lowest BCUT2D eigenvalue weighted by atomic mass is 10.2. The molecule has 1 N–H and O–H groups in total. The molecule has 0 atom stereocenters. The van der Waals surface area contributed by atoms with Crippen LogP contribution >= 0.6 is 11.6 Å². The van der Waals surface area contributed by atoms with Gasteiger partial charge in [-0.05, 0) is 30.2 Å². The molecule has 0 saturated carbocycles. The van der Waals surface area contributed by atoms with E-state index in [-0.39, 0.29) is 5.91 Å². The number of hydrogen-bond donors (Lipinski definition) is 1. The van der Waals surface area contributed by atoms with E-state index in [4.69, 9.17) is 11.6 Å². The Labute approximate surface area is 150 Å². The number of aromatic nitrogens is 2. The molecule has 4 rings (SSSR count). The Bertz CT molecular complexity index is 927. The lowest BCUT2D eigenvalue weighted by molar-refractivity contribution is 0.102. The Morgan fingerprint density at radius 1 is 1.04 bits per heavy atom. The van der Waals surface area contributed by atoms with Crippen molar-refractivity contribution in [3.63, 3.8) is 0 Å². The largest absolute Gasteiger partial charge is 0.321 e. The van der Waals surface area contributed by atoms with Crippen LogP contribution in [-0.2, 0) is 6.42 Å². The Morgan fingerprint density at radius 2 is 1.76 bits per heavy atom. The van der Waals surface area contributed by atoms with E-state index in [9.17, 15) is 4.79 Å². The molecule has 3 aromatic rings. The zero-order valence-corrected chi connectivity index (χ0v) is 14.1. The number of benzene rings is 2. The Morgan fingerprint density at radius 3 is 2.56 bits per heavy atom. The van der Waals surface area contributed by atoms with Gasteiger partial charge in [-0.15, -0.1) is 0 Å². The van der Waals surface area contributed by atoms with Crippen LogP contribution in [0, 0.1) is 0 Å². The van der Waals surface area contributed by atoms with Crippen LogP contribution in [0.2, 0.25) is 5.02 Å². The van der Waals surface area contributed by atoms with Crippen molar-refractivity contribution in [3.8, 4) is 0 Å². The van der Waals surface area contributed by atoms with Crippen molar-refractivity contribution in [2.24, 2.45) is 0 Å². The number of fused-ring (bicyclic) bond motifs is 1. The number of rotatable bonds is 3. The Kier molecular flexibility index (Phi) is 4.07. The molecule has 1 aromatic heterocycles. The second kappa shape index (κ2) is 6.53. The molecule has 0 unspecified atom stereocenters. The summed E-state index contributed by atoms with van der Waals surface area (Å²) in [5.41, 5.74) is 3.35. The highest BCUT2D eigenvalue weighted by atomic mass is 35.5. The van der Waals surface area contributed by atoms with Crippen molar-refractivity contribution in [1.29, 1.82) is 0 Å². The zero-order valence-electron chi connectivity index (χ0n) is 13.3. The average Bonchev–Trinajstić information content (AvgIpc) is 3.08. The van der Waals surface area contributed by atoms with E-state index in [1.54, 1.807) is 12.1 Å². The minimum atomic E-state index is -0.290. The number of hydrogen-bond acceptors (Lipinski definition) is 4. The topological polar surface area (TPSA) is 58.1 Å². The van der Waals surface area contributed by atoms with Crippen LogP contribution in [0.25, 0.3) is 0 Å². The predicted octanol–water partition coefficient (Wildman–Crippen LogP) is 4.08. The van der Waals surface area contributed by atoms with Gasteiger partial charge in [-0.3, -0.25) is 4.79 Å². The number of carbonyl (C=O) groups is 1. The molecule has 1 aliphatic heterocycles. The van der Waals surface area contributed by atoms with Gasteiger partial charge < -0.3 is 10.2 Å². The second-order valence-electron chi connectivity index (χ2n) is 5.74. The van der Waals surface area contributed by atoms with E-state index in [2.05, 4.69) is 32.3 Å². The minimum Gasteiger partial charge on any atom is -0.321 e. The molecule has 124 valence electrons. The van der Waals surface area contributed by atoms with Crippen LogP contribution in [0.4, 0.5) is 17.3 Å². The molecular weight excluding hydrogens is 336 g/mol. The summed E-state index contributed by atoms with van der Waals surface area (Å²) in [6.07, 6.45) is 4.04. The van der Waals surface area contributed by atoms with Crippen molar-refractivity contribution >= 4 is 34.8 Å². The smallest absolute Gasteiger partial charge is 0.258 e. The molecule has 0 radical (unpaired) electrons. The molecule has 2 aromatic carbocycles. The highest BCUT2D eigenvalue weighted by Crippen LogP contribution is 2.32. The maximum Gasteiger partial charge on any atom is 0.258 e. The summed E-state index contributed by atoms with van der Waals surface area (Å²) in [7, 11) is 0. The Balaban J connectivity index is 1.53. The van der Waals surface area contributed by atoms with Gasteiger partial charge in [-0.2, -0.15) is 0 Å². The van der Waals surface area contributed by atoms with Gasteiger partial charge in [0.2, 0.25) is 5.95 Å². The number of para-hydroxylation sites is 2. The SMILES string of the molecule is O=C(Nc1ccccc1Cl)c1cnc(N2CCc3ccccc32)nc1. The van der Waals surface area contributed by atoms with E-state index in [0.29, 0.717) is 22.2 Å². The predicted molar refractivity (Wildman–Crippen MR) is 98.6 cm³/mol. The maximum absolute atomic E-state index is 12.3. The van der Waals surface area contributed by atoms with E-state index >= 15 is 0 Å². The van der Waals surface area contributed by atoms with Crippen molar-refractivity contribution in [2.75, 3.05) is 16.8 Å². The molecule has 0 aliphatic carbocycles. The Hall–Kier alpha value is -2.92. The van der Waals surface area contributed by atoms with Gasteiger partial charge in [0.05, 0.1) is 16.3 Å².